The quantitative estimate of drug-likeness (QED) is 0.894. The summed E-state index contributed by atoms with van der Waals surface area (Å²) in [7, 11) is 0. The summed E-state index contributed by atoms with van der Waals surface area (Å²) in [4.78, 5) is 41.0. The van der Waals surface area contributed by atoms with Gasteiger partial charge in [-0.25, -0.2) is 4.79 Å². The molecule has 2 aromatic rings. The lowest BCUT2D eigenvalue weighted by molar-refractivity contribution is -0.123. The van der Waals surface area contributed by atoms with E-state index >= 15 is 0 Å². The van der Waals surface area contributed by atoms with E-state index in [0.717, 1.165) is 23.0 Å². The van der Waals surface area contributed by atoms with E-state index in [-0.39, 0.29) is 31.3 Å². The Bertz CT molecular complexity index is 819. The summed E-state index contributed by atoms with van der Waals surface area (Å²) < 4.78 is 0. The van der Waals surface area contributed by atoms with E-state index in [1.54, 1.807) is 0 Å². The summed E-state index contributed by atoms with van der Waals surface area (Å²) in [6.45, 7) is 2.14. The molecule has 1 aromatic carbocycles. The molecule has 24 heavy (non-hydrogen) atoms. The van der Waals surface area contributed by atoms with Crippen molar-refractivity contribution in [3.8, 4) is 0 Å². The number of aryl methyl sites for hydroxylation is 1. The zero-order chi connectivity index (χ0) is 17.1. The van der Waals surface area contributed by atoms with E-state index in [1.807, 2.05) is 37.3 Å². The molecule has 3 rings (SSSR count). The molecule has 0 aliphatic carbocycles. The van der Waals surface area contributed by atoms with E-state index < -0.39 is 6.03 Å². The summed E-state index contributed by atoms with van der Waals surface area (Å²) in [6.07, 6.45) is 0.960. The molecule has 1 aliphatic heterocycles. The van der Waals surface area contributed by atoms with Crippen molar-refractivity contribution in [1.29, 1.82) is 0 Å². The van der Waals surface area contributed by atoms with Crippen LogP contribution in [0.3, 0.4) is 0 Å². The number of nitrogens with zero attached hydrogens (tertiary/aromatic N) is 2. The fourth-order valence-corrected chi connectivity index (χ4v) is 2.63. The number of anilines is 1. The minimum absolute atomic E-state index is 0.1000. The van der Waals surface area contributed by atoms with Gasteiger partial charge in [-0.15, -0.1) is 0 Å². The molecular formula is C17H18N4O3. The van der Waals surface area contributed by atoms with Crippen molar-refractivity contribution in [1.82, 2.24) is 15.2 Å². The zero-order valence-electron chi connectivity index (χ0n) is 13.3. The van der Waals surface area contributed by atoms with Gasteiger partial charge in [0.1, 0.15) is 6.54 Å². The maximum absolute atomic E-state index is 12.3. The van der Waals surface area contributed by atoms with Crippen molar-refractivity contribution in [2.24, 2.45) is 0 Å². The summed E-state index contributed by atoms with van der Waals surface area (Å²) in [6, 6.07) is 8.89. The monoisotopic (exact) mass is 326 g/mol. The Morgan fingerprint density at radius 2 is 2.12 bits per heavy atom. The minimum atomic E-state index is -0.532. The molecule has 1 aliphatic rings. The Morgan fingerprint density at radius 1 is 1.33 bits per heavy atom. The van der Waals surface area contributed by atoms with Crippen LogP contribution in [0.1, 0.15) is 19.0 Å². The fraction of sp³-hybridized carbons (Fsp3) is 0.294. The molecule has 1 saturated heterocycles. The first-order chi connectivity index (χ1) is 11.6. The van der Waals surface area contributed by atoms with Gasteiger partial charge in [0.2, 0.25) is 11.8 Å². The van der Waals surface area contributed by atoms with Crippen LogP contribution >= 0.6 is 0 Å². The summed E-state index contributed by atoms with van der Waals surface area (Å²) in [5.74, 6) is -0.623. The molecule has 0 bridgehead atoms. The van der Waals surface area contributed by atoms with Gasteiger partial charge < -0.3 is 10.2 Å². The van der Waals surface area contributed by atoms with Crippen molar-refractivity contribution >= 4 is 34.4 Å². The number of urea groups is 1. The first-order valence-corrected chi connectivity index (χ1v) is 7.84. The number of benzene rings is 1. The van der Waals surface area contributed by atoms with Crippen LogP contribution in [-0.2, 0) is 16.0 Å². The second-order valence-electron chi connectivity index (χ2n) is 5.60. The third-order valence-corrected chi connectivity index (χ3v) is 3.88. The Labute approximate surface area is 139 Å². The largest absolute Gasteiger partial charge is 0.324 e. The third kappa shape index (κ3) is 3.34. The van der Waals surface area contributed by atoms with E-state index in [9.17, 15) is 14.4 Å². The lowest BCUT2D eigenvalue weighted by Crippen LogP contribution is -2.51. The van der Waals surface area contributed by atoms with Gasteiger partial charge in [-0.05, 0) is 18.6 Å². The summed E-state index contributed by atoms with van der Waals surface area (Å²) >= 11 is 0. The molecule has 7 nitrogen and oxygen atoms in total. The minimum Gasteiger partial charge on any atom is -0.324 e. The van der Waals surface area contributed by atoms with Gasteiger partial charge in [-0.3, -0.25) is 19.9 Å². The fourth-order valence-electron chi connectivity index (χ4n) is 2.63. The third-order valence-electron chi connectivity index (χ3n) is 3.88. The predicted octanol–water partition coefficient (Wildman–Crippen LogP) is 1.68. The number of amides is 4. The number of pyridine rings is 1. The van der Waals surface area contributed by atoms with Crippen LogP contribution in [-0.4, -0.2) is 40.8 Å². The molecule has 1 aromatic heterocycles. The van der Waals surface area contributed by atoms with Gasteiger partial charge in [0.15, 0.2) is 0 Å². The molecular weight excluding hydrogens is 308 g/mol. The Hall–Kier alpha value is -2.96. The molecule has 2 heterocycles. The van der Waals surface area contributed by atoms with Crippen LogP contribution in [0.15, 0.2) is 30.3 Å². The van der Waals surface area contributed by atoms with Crippen LogP contribution in [0, 0.1) is 0 Å². The number of carbonyl (C=O) groups is 3. The predicted molar refractivity (Wildman–Crippen MR) is 89.5 cm³/mol. The lowest BCUT2D eigenvalue weighted by atomic mass is 10.1. The maximum Gasteiger partial charge on any atom is 0.324 e. The number of nitrogens with one attached hydrogen (secondary N) is 2. The molecule has 2 N–H and O–H groups in total. The Balaban J connectivity index is 1.78. The summed E-state index contributed by atoms with van der Waals surface area (Å²) in [5.41, 5.74) is 2.37. The van der Waals surface area contributed by atoms with Crippen molar-refractivity contribution in [3.05, 3.63) is 36.0 Å². The highest BCUT2D eigenvalue weighted by atomic mass is 16.2. The van der Waals surface area contributed by atoms with Crippen molar-refractivity contribution in [3.63, 3.8) is 0 Å². The molecule has 124 valence electrons. The zero-order valence-corrected chi connectivity index (χ0v) is 13.3. The first kappa shape index (κ1) is 15.9. The van der Waals surface area contributed by atoms with Gasteiger partial charge in [0.05, 0.1) is 11.2 Å². The SMILES string of the molecule is CCc1cc(NC(=O)CN2CCC(=O)NC2=O)c2ccccc2n1. The van der Waals surface area contributed by atoms with E-state index in [0.29, 0.717) is 5.69 Å². The molecule has 7 heteroatoms. The number of imide groups is 1. The van der Waals surface area contributed by atoms with Gasteiger partial charge >= 0.3 is 6.03 Å². The maximum atomic E-state index is 12.3. The Morgan fingerprint density at radius 3 is 2.88 bits per heavy atom. The van der Waals surface area contributed by atoms with Gasteiger partial charge in [-0.1, -0.05) is 25.1 Å². The van der Waals surface area contributed by atoms with Crippen LogP contribution in [0.25, 0.3) is 10.9 Å². The van der Waals surface area contributed by atoms with Crippen LogP contribution < -0.4 is 10.6 Å². The highest BCUT2D eigenvalue weighted by molar-refractivity contribution is 6.03. The highest BCUT2D eigenvalue weighted by Gasteiger charge is 2.24. The molecule has 0 unspecified atom stereocenters. The molecule has 0 saturated carbocycles. The van der Waals surface area contributed by atoms with Crippen molar-refractivity contribution < 1.29 is 14.4 Å². The van der Waals surface area contributed by atoms with Gasteiger partial charge in [0.25, 0.3) is 0 Å². The number of para-hydroxylation sites is 1. The number of fused-ring (bicyclic) bond motifs is 1. The van der Waals surface area contributed by atoms with Crippen LogP contribution in [0.5, 0.6) is 0 Å². The smallest absolute Gasteiger partial charge is 0.324 e. The number of carbonyl (C=O) groups excluding carboxylic acids is 3. The van der Waals surface area contributed by atoms with E-state index in [4.69, 9.17) is 0 Å². The molecule has 4 amide bonds. The van der Waals surface area contributed by atoms with Crippen LogP contribution in [0.2, 0.25) is 0 Å². The van der Waals surface area contributed by atoms with E-state index in [2.05, 4.69) is 15.6 Å². The number of rotatable bonds is 4. The normalized spacial score (nSPS) is 14.6. The highest BCUT2D eigenvalue weighted by Crippen LogP contribution is 2.23. The Kier molecular flexibility index (Phi) is 4.41. The first-order valence-electron chi connectivity index (χ1n) is 7.84. The molecule has 0 spiro atoms. The summed E-state index contributed by atoms with van der Waals surface area (Å²) in [5, 5.41) is 5.91. The van der Waals surface area contributed by atoms with Gasteiger partial charge in [0, 0.05) is 24.0 Å². The number of hydrogen-bond donors (Lipinski definition) is 2. The van der Waals surface area contributed by atoms with Crippen molar-refractivity contribution in [2.45, 2.75) is 19.8 Å². The standard InChI is InChI=1S/C17H18N4O3/c1-2-11-9-14(12-5-3-4-6-13(12)18-11)19-16(23)10-21-8-7-15(22)20-17(21)24/h3-6,9H,2,7-8,10H2,1H3,(H,18,19,23)(H,20,22,24). The van der Waals surface area contributed by atoms with Gasteiger partial charge in [-0.2, -0.15) is 0 Å². The molecule has 1 fully saturated rings. The number of aromatic nitrogens is 1. The average molecular weight is 326 g/mol. The second kappa shape index (κ2) is 6.66. The lowest BCUT2D eigenvalue weighted by Gasteiger charge is -2.25. The van der Waals surface area contributed by atoms with Crippen molar-refractivity contribution in [2.75, 3.05) is 18.4 Å². The topological polar surface area (TPSA) is 91.4 Å². The van der Waals surface area contributed by atoms with Crippen LogP contribution in [0.4, 0.5) is 10.5 Å². The second-order valence-corrected chi connectivity index (χ2v) is 5.60. The molecule has 0 radical (unpaired) electrons. The average Bonchev–Trinajstić information content (AvgIpc) is 2.57. The van der Waals surface area contributed by atoms with E-state index in [1.165, 1.54) is 4.90 Å². The number of hydrogen-bond acceptors (Lipinski definition) is 4. The molecule has 0 atom stereocenters.